The highest BCUT2D eigenvalue weighted by molar-refractivity contribution is 6.11. The van der Waals surface area contributed by atoms with Crippen molar-refractivity contribution in [1.29, 1.82) is 0 Å². The Morgan fingerprint density at radius 1 is 0.575 bits per heavy atom. The molecule has 2 aromatic heterocycles. The maximum atomic E-state index is 4.25. The van der Waals surface area contributed by atoms with E-state index in [4.69, 9.17) is 0 Å². The highest BCUT2D eigenvalue weighted by atomic mass is 15.1. The van der Waals surface area contributed by atoms with Crippen molar-refractivity contribution in [3.63, 3.8) is 0 Å². The van der Waals surface area contributed by atoms with Gasteiger partial charge in [0.15, 0.2) is 0 Å². The van der Waals surface area contributed by atoms with Crippen LogP contribution in [-0.2, 0) is 0 Å². The molecule has 40 heavy (non-hydrogen) atoms. The summed E-state index contributed by atoms with van der Waals surface area (Å²) in [7, 11) is 0. The minimum Gasteiger partial charge on any atom is -0.354 e. The highest BCUT2D eigenvalue weighted by Gasteiger charge is 2.17. The van der Waals surface area contributed by atoms with Crippen molar-refractivity contribution in [3.8, 4) is 5.69 Å². The van der Waals surface area contributed by atoms with Gasteiger partial charge in [0.2, 0.25) is 0 Å². The van der Waals surface area contributed by atoms with Crippen LogP contribution < -0.4 is 10.2 Å². The summed E-state index contributed by atoms with van der Waals surface area (Å²) in [6.07, 6.45) is 3.63. The minimum atomic E-state index is 0.961. The molecule has 0 aliphatic carbocycles. The predicted octanol–water partition coefficient (Wildman–Crippen LogP) is 9.70. The smallest absolute Gasteiger partial charge is 0.0570 e. The van der Waals surface area contributed by atoms with E-state index in [1.54, 1.807) is 6.20 Å². The summed E-state index contributed by atoms with van der Waals surface area (Å²) >= 11 is 0. The van der Waals surface area contributed by atoms with Gasteiger partial charge in [0, 0.05) is 45.4 Å². The van der Waals surface area contributed by atoms with Crippen molar-refractivity contribution in [2.24, 2.45) is 0 Å². The lowest BCUT2D eigenvalue weighted by atomic mass is 10.1. The number of aromatic nitrogens is 2. The first kappa shape index (κ1) is 23.7. The lowest BCUT2D eigenvalue weighted by Gasteiger charge is -2.26. The summed E-state index contributed by atoms with van der Waals surface area (Å²) < 4.78 is 2.36. The van der Waals surface area contributed by atoms with Gasteiger partial charge in [-0.25, -0.2) is 0 Å². The van der Waals surface area contributed by atoms with E-state index in [0.29, 0.717) is 0 Å². The third-order valence-corrected chi connectivity index (χ3v) is 7.28. The van der Waals surface area contributed by atoms with E-state index in [-0.39, 0.29) is 0 Å². The van der Waals surface area contributed by atoms with Gasteiger partial charge < -0.3 is 14.8 Å². The quantitative estimate of drug-likeness (QED) is 0.239. The summed E-state index contributed by atoms with van der Waals surface area (Å²) in [4.78, 5) is 6.57. The van der Waals surface area contributed by atoms with Gasteiger partial charge in [0.05, 0.1) is 22.9 Å². The number of hydrogen-bond donors (Lipinski definition) is 1. The van der Waals surface area contributed by atoms with Crippen molar-refractivity contribution in [2.45, 2.75) is 6.92 Å². The average molecular weight is 517 g/mol. The van der Waals surface area contributed by atoms with Gasteiger partial charge in [0.25, 0.3) is 0 Å². The number of fused-ring (bicyclic) bond motifs is 3. The first-order chi connectivity index (χ1) is 19.7. The fraction of sp³-hybridized carbons (Fsp3) is 0.0278. The largest absolute Gasteiger partial charge is 0.354 e. The maximum absolute atomic E-state index is 4.25. The molecule has 0 saturated heterocycles. The molecule has 4 nitrogen and oxygen atoms in total. The number of para-hydroxylation sites is 2. The fourth-order valence-corrected chi connectivity index (χ4v) is 5.40. The molecule has 0 fully saturated rings. The molecular weight excluding hydrogens is 488 g/mol. The van der Waals surface area contributed by atoms with Crippen LogP contribution in [0, 0.1) is 6.92 Å². The second kappa shape index (κ2) is 10.1. The van der Waals surface area contributed by atoms with Gasteiger partial charge in [-0.15, -0.1) is 0 Å². The molecular formula is C36H28N4. The molecule has 1 N–H and O–H groups in total. The van der Waals surface area contributed by atoms with E-state index in [1.807, 2.05) is 18.3 Å². The molecule has 0 amide bonds. The van der Waals surface area contributed by atoms with Crippen molar-refractivity contribution in [1.82, 2.24) is 9.55 Å². The van der Waals surface area contributed by atoms with Crippen LogP contribution in [0.2, 0.25) is 0 Å². The maximum Gasteiger partial charge on any atom is 0.0570 e. The molecule has 192 valence electrons. The molecule has 0 aliphatic rings. The lowest BCUT2D eigenvalue weighted by Crippen LogP contribution is -2.10. The van der Waals surface area contributed by atoms with E-state index in [9.17, 15) is 0 Å². The van der Waals surface area contributed by atoms with E-state index in [1.165, 1.54) is 16.3 Å². The summed E-state index contributed by atoms with van der Waals surface area (Å²) in [5.41, 5.74) is 10.0. The van der Waals surface area contributed by atoms with E-state index >= 15 is 0 Å². The molecule has 0 radical (unpaired) electrons. The predicted molar refractivity (Wildman–Crippen MR) is 168 cm³/mol. The number of pyridine rings is 1. The Balaban J connectivity index is 1.45. The molecule has 4 heteroatoms. The van der Waals surface area contributed by atoms with Crippen LogP contribution >= 0.6 is 0 Å². The SMILES string of the molecule is Cc1ccc(N(c2ccccc2)c2ccc3c4ccc(Nc5cccnc5)cc4n(-c4ccccc4)c3c2)cc1. The van der Waals surface area contributed by atoms with Crippen LogP contribution in [0.3, 0.4) is 0 Å². The molecule has 0 spiro atoms. The molecule has 2 heterocycles. The fourth-order valence-electron chi connectivity index (χ4n) is 5.40. The van der Waals surface area contributed by atoms with Crippen LogP contribution in [0.1, 0.15) is 5.56 Å². The Kier molecular flexibility index (Phi) is 5.98. The van der Waals surface area contributed by atoms with E-state index in [0.717, 1.165) is 45.2 Å². The van der Waals surface area contributed by atoms with Crippen molar-refractivity contribution in [2.75, 3.05) is 10.2 Å². The summed E-state index contributed by atoms with van der Waals surface area (Å²) in [5.74, 6) is 0. The second-order valence-corrected chi connectivity index (χ2v) is 9.98. The van der Waals surface area contributed by atoms with E-state index < -0.39 is 0 Å². The van der Waals surface area contributed by atoms with Crippen LogP contribution in [0.5, 0.6) is 0 Å². The number of nitrogens with one attached hydrogen (secondary N) is 1. The van der Waals surface area contributed by atoms with Gasteiger partial charge in [-0.1, -0.05) is 66.2 Å². The number of nitrogens with zero attached hydrogens (tertiary/aromatic N) is 3. The number of benzene rings is 5. The summed E-state index contributed by atoms with van der Waals surface area (Å²) in [6.45, 7) is 2.12. The highest BCUT2D eigenvalue weighted by Crippen LogP contribution is 2.40. The third kappa shape index (κ3) is 4.36. The molecule has 0 aliphatic heterocycles. The van der Waals surface area contributed by atoms with Crippen molar-refractivity contribution < 1.29 is 0 Å². The first-order valence-electron chi connectivity index (χ1n) is 13.5. The van der Waals surface area contributed by atoms with Gasteiger partial charge in [-0.2, -0.15) is 0 Å². The Labute approximate surface area is 233 Å². The topological polar surface area (TPSA) is 33.1 Å². The van der Waals surface area contributed by atoms with Crippen LogP contribution in [-0.4, -0.2) is 9.55 Å². The molecule has 0 bridgehead atoms. The zero-order chi connectivity index (χ0) is 26.9. The van der Waals surface area contributed by atoms with Gasteiger partial charge in [-0.3, -0.25) is 4.98 Å². The summed E-state index contributed by atoms with van der Waals surface area (Å²) in [5, 5.41) is 5.94. The monoisotopic (exact) mass is 516 g/mol. The van der Waals surface area contributed by atoms with Crippen LogP contribution in [0.25, 0.3) is 27.5 Å². The third-order valence-electron chi connectivity index (χ3n) is 7.28. The summed E-state index contributed by atoms with van der Waals surface area (Å²) in [6, 6.07) is 47.2. The zero-order valence-electron chi connectivity index (χ0n) is 22.2. The normalized spacial score (nSPS) is 11.1. The molecule has 7 rings (SSSR count). The molecule has 5 aromatic carbocycles. The van der Waals surface area contributed by atoms with Crippen LogP contribution in [0.4, 0.5) is 28.4 Å². The Morgan fingerprint density at radius 3 is 1.95 bits per heavy atom. The Hall–Kier alpha value is -5.35. The number of aryl methyl sites for hydroxylation is 1. The minimum absolute atomic E-state index is 0.961. The Morgan fingerprint density at radius 2 is 1.23 bits per heavy atom. The number of rotatable bonds is 6. The van der Waals surface area contributed by atoms with Crippen molar-refractivity contribution >= 4 is 50.2 Å². The van der Waals surface area contributed by atoms with Crippen molar-refractivity contribution in [3.05, 3.63) is 151 Å². The average Bonchev–Trinajstić information content (AvgIpc) is 3.33. The number of anilines is 5. The van der Waals surface area contributed by atoms with Crippen LogP contribution in [0.15, 0.2) is 146 Å². The molecule has 0 atom stereocenters. The Bertz CT molecular complexity index is 1910. The number of hydrogen-bond acceptors (Lipinski definition) is 3. The molecule has 7 aromatic rings. The van der Waals surface area contributed by atoms with Gasteiger partial charge in [0.1, 0.15) is 0 Å². The van der Waals surface area contributed by atoms with E-state index in [2.05, 4.69) is 148 Å². The molecule has 0 unspecified atom stereocenters. The lowest BCUT2D eigenvalue weighted by molar-refractivity contribution is 1.18. The first-order valence-corrected chi connectivity index (χ1v) is 13.5. The second-order valence-electron chi connectivity index (χ2n) is 9.98. The zero-order valence-corrected chi connectivity index (χ0v) is 22.2. The van der Waals surface area contributed by atoms with Gasteiger partial charge >= 0.3 is 0 Å². The van der Waals surface area contributed by atoms with Gasteiger partial charge in [-0.05, 0) is 79.7 Å². The molecule has 0 saturated carbocycles. The standard InChI is InChI=1S/C36H28N4/c1-26-14-17-31(18-15-26)39(29-10-4-2-5-11-29)32-19-21-34-33-20-16-27(38-28-9-8-22-37-25-28)23-35(33)40(36(34)24-32)30-12-6-3-7-13-30/h2-25,38H,1H3.